The van der Waals surface area contributed by atoms with E-state index in [1.165, 1.54) is 19.2 Å². The Kier molecular flexibility index (Phi) is 4.02. The molecule has 0 aliphatic carbocycles. The van der Waals surface area contributed by atoms with Crippen molar-refractivity contribution in [3.8, 4) is 0 Å². The molecule has 2 aliphatic rings. The van der Waals surface area contributed by atoms with Gasteiger partial charge in [0.05, 0.1) is 6.17 Å². The minimum atomic E-state index is -1.46. The van der Waals surface area contributed by atoms with Crippen molar-refractivity contribution < 1.29 is 18.3 Å². The second kappa shape index (κ2) is 5.29. The molecule has 0 radical (unpaired) electrons. The highest BCUT2D eigenvalue weighted by Crippen LogP contribution is 2.45. The monoisotopic (exact) mass is 289 g/mol. The number of hydrogen-bond acceptors (Lipinski definition) is 3. The molecule has 6 atom stereocenters. The lowest BCUT2D eigenvalue weighted by Crippen LogP contribution is -2.54. The summed E-state index contributed by atoms with van der Waals surface area (Å²) in [5.74, 6) is -0.644. The molecule has 0 aromatic carbocycles. The maximum atomic E-state index is 14.5. The van der Waals surface area contributed by atoms with Crippen LogP contribution in [-0.2, 0) is 4.74 Å². The van der Waals surface area contributed by atoms with Crippen LogP contribution in [0.5, 0.6) is 0 Å². The molecule has 0 saturated carbocycles. The molecule has 0 aromatic heterocycles. The zero-order valence-corrected chi connectivity index (χ0v) is 11.8. The maximum Gasteiger partial charge on any atom is 0.325 e. The van der Waals surface area contributed by atoms with Gasteiger partial charge in [-0.15, -0.1) is 0 Å². The predicted octanol–water partition coefficient (Wildman–Crippen LogP) is 1.65. The van der Waals surface area contributed by atoms with Crippen LogP contribution in [0.15, 0.2) is 12.3 Å². The van der Waals surface area contributed by atoms with Gasteiger partial charge in [0, 0.05) is 12.1 Å². The summed E-state index contributed by atoms with van der Waals surface area (Å²) in [5, 5.41) is 2.45. The SMILES string of the molecule is CC[C@@]1([C@H](C)F)O[C@@H](N2C=CC(N)NC2=O)[C@H](F)[C@@H]1C. The van der Waals surface area contributed by atoms with Crippen LogP contribution in [0.2, 0.25) is 0 Å². The Bertz CT molecular complexity index is 418. The van der Waals surface area contributed by atoms with Crippen molar-refractivity contribution in [2.75, 3.05) is 0 Å². The van der Waals surface area contributed by atoms with E-state index < -0.39 is 42.3 Å². The van der Waals surface area contributed by atoms with E-state index in [-0.39, 0.29) is 0 Å². The van der Waals surface area contributed by atoms with E-state index >= 15 is 0 Å². The molecule has 1 unspecified atom stereocenters. The van der Waals surface area contributed by atoms with Crippen LogP contribution in [0.25, 0.3) is 0 Å². The van der Waals surface area contributed by atoms with Gasteiger partial charge in [-0.1, -0.05) is 13.8 Å². The number of nitrogens with one attached hydrogen (secondary N) is 1. The Balaban J connectivity index is 2.27. The number of halogens is 2. The van der Waals surface area contributed by atoms with Crippen molar-refractivity contribution in [3.05, 3.63) is 12.3 Å². The normalized spacial score (nSPS) is 42.7. The molecule has 2 rings (SSSR count). The van der Waals surface area contributed by atoms with Gasteiger partial charge >= 0.3 is 6.03 Å². The van der Waals surface area contributed by atoms with Gasteiger partial charge in [-0.3, -0.25) is 4.90 Å². The third-order valence-corrected chi connectivity index (χ3v) is 4.34. The number of carbonyl (C=O) groups is 1. The number of nitrogens with two attached hydrogens (primary N) is 1. The Morgan fingerprint density at radius 3 is 2.75 bits per heavy atom. The maximum absolute atomic E-state index is 14.5. The van der Waals surface area contributed by atoms with Crippen molar-refractivity contribution in [1.29, 1.82) is 0 Å². The van der Waals surface area contributed by atoms with Crippen LogP contribution in [-0.4, -0.2) is 41.3 Å². The van der Waals surface area contributed by atoms with E-state index in [2.05, 4.69) is 5.32 Å². The van der Waals surface area contributed by atoms with Gasteiger partial charge in [0.2, 0.25) is 0 Å². The van der Waals surface area contributed by atoms with E-state index in [1.54, 1.807) is 13.8 Å². The van der Waals surface area contributed by atoms with Gasteiger partial charge in [0.15, 0.2) is 12.4 Å². The molecule has 0 aromatic rings. The summed E-state index contributed by atoms with van der Waals surface area (Å²) in [6.45, 7) is 4.72. The van der Waals surface area contributed by atoms with E-state index in [4.69, 9.17) is 10.5 Å². The van der Waals surface area contributed by atoms with Crippen LogP contribution in [0.4, 0.5) is 13.6 Å². The predicted molar refractivity (Wildman–Crippen MR) is 70.0 cm³/mol. The zero-order valence-electron chi connectivity index (χ0n) is 11.8. The van der Waals surface area contributed by atoms with E-state index in [0.29, 0.717) is 6.42 Å². The summed E-state index contributed by atoms with van der Waals surface area (Å²) < 4.78 is 34.1. The van der Waals surface area contributed by atoms with Gasteiger partial charge in [0.1, 0.15) is 11.8 Å². The zero-order chi connectivity index (χ0) is 15.1. The highest BCUT2D eigenvalue weighted by Gasteiger charge is 2.57. The number of amides is 2. The topological polar surface area (TPSA) is 67.6 Å². The Morgan fingerprint density at radius 1 is 1.65 bits per heavy atom. The molecular formula is C13H21F2N3O2. The van der Waals surface area contributed by atoms with Crippen molar-refractivity contribution in [2.24, 2.45) is 11.7 Å². The number of rotatable bonds is 3. The molecular weight excluding hydrogens is 268 g/mol. The second-order valence-corrected chi connectivity index (χ2v) is 5.39. The molecule has 1 saturated heterocycles. The standard InChI is InChI=1S/C13H21F2N3O2/c1-4-13(8(3)14)7(2)10(15)11(20-13)18-6-5-9(16)17-12(18)19/h5-11H,4,16H2,1-3H3,(H,17,19)/t7-,8-,9?,10+,11+,13+/m0/s1. The van der Waals surface area contributed by atoms with Crippen molar-refractivity contribution >= 4 is 6.03 Å². The molecule has 7 heteroatoms. The fraction of sp³-hybridized carbons (Fsp3) is 0.769. The molecule has 2 amide bonds. The Morgan fingerprint density at radius 2 is 2.30 bits per heavy atom. The van der Waals surface area contributed by atoms with Crippen LogP contribution in [0.1, 0.15) is 27.2 Å². The number of ether oxygens (including phenoxy) is 1. The summed E-state index contributed by atoms with van der Waals surface area (Å²) in [4.78, 5) is 13.0. The average Bonchev–Trinajstić information content (AvgIpc) is 2.64. The second-order valence-electron chi connectivity index (χ2n) is 5.39. The van der Waals surface area contributed by atoms with Crippen molar-refractivity contribution in [2.45, 2.75) is 57.5 Å². The first-order valence-corrected chi connectivity index (χ1v) is 6.82. The van der Waals surface area contributed by atoms with E-state index in [0.717, 1.165) is 4.90 Å². The molecule has 1 fully saturated rings. The quantitative estimate of drug-likeness (QED) is 0.830. The lowest BCUT2D eigenvalue weighted by Gasteiger charge is -2.35. The number of carbonyl (C=O) groups excluding carboxylic acids is 1. The summed E-state index contributed by atoms with van der Waals surface area (Å²) in [7, 11) is 0. The first kappa shape index (κ1) is 15.2. The number of nitrogens with zero attached hydrogens (tertiary/aromatic N) is 1. The molecule has 3 N–H and O–H groups in total. The van der Waals surface area contributed by atoms with Gasteiger partial charge < -0.3 is 15.8 Å². The van der Waals surface area contributed by atoms with Crippen LogP contribution < -0.4 is 11.1 Å². The molecule has 0 bridgehead atoms. The Hall–Kier alpha value is -1.21. The fourth-order valence-corrected chi connectivity index (χ4v) is 2.99. The largest absolute Gasteiger partial charge is 0.345 e. The lowest BCUT2D eigenvalue weighted by molar-refractivity contribution is -0.130. The lowest BCUT2D eigenvalue weighted by atomic mass is 9.82. The molecule has 2 heterocycles. The van der Waals surface area contributed by atoms with Crippen molar-refractivity contribution in [1.82, 2.24) is 10.2 Å². The first-order chi connectivity index (χ1) is 9.33. The van der Waals surface area contributed by atoms with Gasteiger partial charge in [-0.2, -0.15) is 0 Å². The third kappa shape index (κ3) is 2.18. The fourth-order valence-electron chi connectivity index (χ4n) is 2.99. The van der Waals surface area contributed by atoms with Crippen LogP contribution in [0.3, 0.4) is 0 Å². The minimum Gasteiger partial charge on any atom is -0.345 e. The smallest absolute Gasteiger partial charge is 0.325 e. The van der Waals surface area contributed by atoms with E-state index in [9.17, 15) is 13.6 Å². The van der Waals surface area contributed by atoms with E-state index in [1.807, 2.05) is 0 Å². The number of alkyl halides is 2. The number of hydrogen-bond donors (Lipinski definition) is 2. The highest BCUT2D eigenvalue weighted by molar-refractivity contribution is 5.77. The highest BCUT2D eigenvalue weighted by atomic mass is 19.1. The Labute approximate surface area is 117 Å². The number of urea groups is 1. The van der Waals surface area contributed by atoms with Gasteiger partial charge in [-0.25, -0.2) is 13.6 Å². The minimum absolute atomic E-state index is 0.335. The summed E-state index contributed by atoms with van der Waals surface area (Å²) in [6, 6.07) is -0.543. The van der Waals surface area contributed by atoms with Crippen LogP contribution in [0, 0.1) is 5.92 Å². The average molecular weight is 289 g/mol. The summed E-state index contributed by atoms with van der Waals surface area (Å²) in [5.41, 5.74) is 4.33. The molecule has 0 spiro atoms. The molecule has 5 nitrogen and oxygen atoms in total. The first-order valence-electron chi connectivity index (χ1n) is 6.82. The summed E-state index contributed by atoms with van der Waals surface area (Å²) >= 11 is 0. The summed E-state index contributed by atoms with van der Waals surface area (Å²) in [6.07, 6.45) is -1.28. The molecule has 114 valence electrons. The van der Waals surface area contributed by atoms with Gasteiger partial charge in [-0.05, 0) is 19.4 Å². The van der Waals surface area contributed by atoms with Crippen molar-refractivity contribution in [3.63, 3.8) is 0 Å². The van der Waals surface area contributed by atoms with Gasteiger partial charge in [0.25, 0.3) is 0 Å². The molecule has 2 aliphatic heterocycles. The third-order valence-electron chi connectivity index (χ3n) is 4.34. The molecule has 20 heavy (non-hydrogen) atoms. The van der Waals surface area contributed by atoms with Crippen LogP contribution >= 0.6 is 0 Å².